The summed E-state index contributed by atoms with van der Waals surface area (Å²) in [5.74, 6) is 1.10. The second-order valence-corrected chi connectivity index (χ2v) is 5.49. The molecule has 1 aliphatic rings. The Morgan fingerprint density at radius 3 is 2.86 bits per heavy atom. The van der Waals surface area contributed by atoms with Crippen LogP contribution >= 0.6 is 0 Å². The minimum atomic E-state index is -0.254. The van der Waals surface area contributed by atoms with E-state index in [1.54, 1.807) is 0 Å². The van der Waals surface area contributed by atoms with Crippen molar-refractivity contribution in [3.05, 3.63) is 29.7 Å². The molecule has 2 aromatic rings. The Kier molecular flexibility index (Phi) is 3.47. The van der Waals surface area contributed by atoms with Gasteiger partial charge in [-0.15, -0.1) is 0 Å². The minimum Gasteiger partial charge on any atom is -0.393 e. The first-order valence-electron chi connectivity index (χ1n) is 6.93. The van der Waals surface area contributed by atoms with Gasteiger partial charge in [-0.1, -0.05) is 17.3 Å². The quantitative estimate of drug-likeness (QED) is 0.903. The van der Waals surface area contributed by atoms with Crippen LogP contribution in [0.5, 0.6) is 0 Å². The maximum Gasteiger partial charge on any atom is 0.230 e. The van der Waals surface area contributed by atoms with Crippen molar-refractivity contribution in [1.82, 2.24) is 10.1 Å². The number of rotatable bonds is 3. The smallest absolute Gasteiger partial charge is 0.230 e. The second kappa shape index (κ2) is 5.29. The monoisotopic (exact) mass is 287 g/mol. The molecule has 0 aliphatic heterocycles. The summed E-state index contributed by atoms with van der Waals surface area (Å²) in [5.41, 5.74) is 2.50. The van der Waals surface area contributed by atoms with E-state index in [9.17, 15) is 9.90 Å². The Labute approximate surface area is 122 Å². The number of aromatic nitrogens is 2. The van der Waals surface area contributed by atoms with Gasteiger partial charge in [-0.05, 0) is 31.4 Å². The SMILES string of the molecule is CC(=O)Nc1cc(-c2noc(C3CC(O)C3)n2)ccc1C. The number of carbonyl (C=O) groups excluding carboxylic acids is 1. The van der Waals surface area contributed by atoms with Gasteiger partial charge in [0.1, 0.15) is 0 Å². The van der Waals surface area contributed by atoms with Gasteiger partial charge in [-0.3, -0.25) is 4.79 Å². The van der Waals surface area contributed by atoms with Crippen LogP contribution in [0.3, 0.4) is 0 Å². The largest absolute Gasteiger partial charge is 0.393 e. The molecule has 1 saturated carbocycles. The zero-order valence-electron chi connectivity index (χ0n) is 12.0. The van der Waals surface area contributed by atoms with Crippen molar-refractivity contribution in [1.29, 1.82) is 0 Å². The third-order valence-corrected chi connectivity index (χ3v) is 3.71. The Bertz CT molecular complexity index is 675. The number of nitrogens with one attached hydrogen (secondary N) is 1. The molecule has 2 N–H and O–H groups in total. The lowest BCUT2D eigenvalue weighted by atomic mass is 9.82. The van der Waals surface area contributed by atoms with Gasteiger partial charge in [0.15, 0.2) is 0 Å². The van der Waals surface area contributed by atoms with Crippen LogP contribution in [0.2, 0.25) is 0 Å². The predicted octanol–water partition coefficient (Wildman–Crippen LogP) is 2.24. The van der Waals surface area contributed by atoms with E-state index >= 15 is 0 Å². The number of carbonyl (C=O) groups is 1. The van der Waals surface area contributed by atoms with Crippen LogP contribution in [0.1, 0.15) is 37.1 Å². The first-order valence-corrected chi connectivity index (χ1v) is 6.93. The zero-order chi connectivity index (χ0) is 15.0. The first kappa shape index (κ1) is 13.8. The van der Waals surface area contributed by atoms with Gasteiger partial charge in [0.2, 0.25) is 17.6 Å². The number of benzene rings is 1. The number of hydrogen-bond donors (Lipinski definition) is 2. The third-order valence-electron chi connectivity index (χ3n) is 3.71. The van der Waals surface area contributed by atoms with Gasteiger partial charge in [-0.25, -0.2) is 0 Å². The Balaban J connectivity index is 1.85. The predicted molar refractivity (Wildman–Crippen MR) is 76.8 cm³/mol. The molecule has 0 atom stereocenters. The molecule has 0 spiro atoms. The molecule has 21 heavy (non-hydrogen) atoms. The minimum absolute atomic E-state index is 0.118. The molecule has 1 fully saturated rings. The van der Waals surface area contributed by atoms with Crippen molar-refractivity contribution in [2.45, 2.75) is 38.7 Å². The maximum atomic E-state index is 11.2. The van der Waals surface area contributed by atoms with Crippen LogP contribution in [0.4, 0.5) is 5.69 Å². The molecule has 0 radical (unpaired) electrons. The Morgan fingerprint density at radius 1 is 1.43 bits per heavy atom. The molecule has 1 amide bonds. The zero-order valence-corrected chi connectivity index (χ0v) is 12.0. The fourth-order valence-electron chi connectivity index (χ4n) is 2.39. The van der Waals surface area contributed by atoms with Gasteiger partial charge >= 0.3 is 0 Å². The summed E-state index contributed by atoms with van der Waals surface area (Å²) in [7, 11) is 0. The molecule has 0 unspecified atom stereocenters. The number of hydrogen-bond acceptors (Lipinski definition) is 5. The molecule has 1 aliphatic carbocycles. The summed E-state index contributed by atoms with van der Waals surface area (Å²) in [6.45, 7) is 3.40. The molecule has 6 nitrogen and oxygen atoms in total. The van der Waals surface area contributed by atoms with E-state index in [0.29, 0.717) is 24.6 Å². The van der Waals surface area contributed by atoms with E-state index in [2.05, 4.69) is 15.5 Å². The van der Waals surface area contributed by atoms with E-state index in [-0.39, 0.29) is 17.9 Å². The van der Waals surface area contributed by atoms with Crippen molar-refractivity contribution in [3.63, 3.8) is 0 Å². The van der Waals surface area contributed by atoms with Crippen LogP contribution in [-0.2, 0) is 4.79 Å². The number of aryl methyl sites for hydroxylation is 1. The number of anilines is 1. The van der Waals surface area contributed by atoms with Crippen LogP contribution in [0.25, 0.3) is 11.4 Å². The average Bonchev–Trinajstić information content (AvgIpc) is 2.86. The van der Waals surface area contributed by atoms with E-state index < -0.39 is 0 Å². The fraction of sp³-hybridized carbons (Fsp3) is 0.400. The highest BCUT2D eigenvalue weighted by atomic mass is 16.5. The summed E-state index contributed by atoms with van der Waals surface area (Å²) in [6.07, 6.45) is 1.09. The lowest BCUT2D eigenvalue weighted by Gasteiger charge is -2.27. The molecule has 0 saturated heterocycles. The van der Waals surface area contributed by atoms with Crippen LogP contribution in [0, 0.1) is 6.92 Å². The summed E-state index contributed by atoms with van der Waals surface area (Å²) >= 11 is 0. The van der Waals surface area contributed by atoms with E-state index in [4.69, 9.17) is 4.52 Å². The summed E-state index contributed by atoms with van der Waals surface area (Å²) < 4.78 is 5.26. The topological polar surface area (TPSA) is 88.2 Å². The van der Waals surface area contributed by atoms with E-state index in [0.717, 1.165) is 16.8 Å². The van der Waals surface area contributed by atoms with Crippen LogP contribution in [0.15, 0.2) is 22.7 Å². The number of nitrogens with zero attached hydrogens (tertiary/aromatic N) is 2. The molecule has 110 valence electrons. The van der Waals surface area contributed by atoms with Crippen LogP contribution in [-0.4, -0.2) is 27.3 Å². The molecule has 1 heterocycles. The molecule has 6 heteroatoms. The highest BCUT2D eigenvalue weighted by Gasteiger charge is 2.33. The maximum absolute atomic E-state index is 11.2. The van der Waals surface area contributed by atoms with Crippen molar-refractivity contribution in [3.8, 4) is 11.4 Å². The van der Waals surface area contributed by atoms with Gasteiger partial charge in [0, 0.05) is 24.1 Å². The van der Waals surface area contributed by atoms with Crippen molar-refractivity contribution < 1.29 is 14.4 Å². The summed E-state index contributed by atoms with van der Waals surface area (Å²) in [6, 6.07) is 5.63. The molecule has 0 bridgehead atoms. The lowest BCUT2D eigenvalue weighted by molar-refractivity contribution is -0.114. The second-order valence-electron chi connectivity index (χ2n) is 5.49. The van der Waals surface area contributed by atoms with Gasteiger partial charge in [-0.2, -0.15) is 4.98 Å². The number of aliphatic hydroxyl groups is 1. The van der Waals surface area contributed by atoms with Gasteiger partial charge < -0.3 is 14.9 Å². The highest BCUT2D eigenvalue weighted by Crippen LogP contribution is 2.36. The van der Waals surface area contributed by atoms with Gasteiger partial charge in [0.05, 0.1) is 6.10 Å². The third kappa shape index (κ3) is 2.80. The molecule has 1 aromatic carbocycles. The molecular formula is C15H17N3O3. The fourth-order valence-corrected chi connectivity index (χ4v) is 2.39. The van der Waals surface area contributed by atoms with Crippen molar-refractivity contribution in [2.75, 3.05) is 5.32 Å². The molecule has 1 aromatic heterocycles. The van der Waals surface area contributed by atoms with Crippen molar-refractivity contribution in [2.24, 2.45) is 0 Å². The molecular weight excluding hydrogens is 270 g/mol. The highest BCUT2D eigenvalue weighted by molar-refractivity contribution is 5.90. The Hall–Kier alpha value is -2.21. The van der Waals surface area contributed by atoms with E-state index in [1.165, 1.54) is 6.92 Å². The summed E-state index contributed by atoms with van der Waals surface area (Å²) in [4.78, 5) is 15.6. The Morgan fingerprint density at radius 2 is 2.19 bits per heavy atom. The number of aliphatic hydroxyl groups excluding tert-OH is 1. The van der Waals surface area contributed by atoms with Crippen LogP contribution < -0.4 is 5.32 Å². The normalized spacial score (nSPS) is 20.9. The van der Waals surface area contributed by atoms with E-state index in [1.807, 2.05) is 25.1 Å². The molecule has 3 rings (SSSR count). The average molecular weight is 287 g/mol. The summed E-state index contributed by atoms with van der Waals surface area (Å²) in [5, 5.41) is 16.1. The first-order chi connectivity index (χ1) is 10.0. The number of amides is 1. The standard InChI is InChI=1S/C15H17N3O3/c1-8-3-4-10(7-13(8)16-9(2)19)14-17-15(21-18-14)11-5-12(20)6-11/h3-4,7,11-12,20H,5-6H2,1-2H3,(H,16,19). The van der Waals surface area contributed by atoms with Crippen molar-refractivity contribution >= 4 is 11.6 Å². The lowest BCUT2D eigenvalue weighted by Crippen LogP contribution is -2.26. The van der Waals surface area contributed by atoms with Gasteiger partial charge in [0.25, 0.3) is 0 Å².